The number of carbonyl (C=O) groups excluding carboxylic acids is 1. The normalized spacial score (nSPS) is 22.7. The number of anilines is 1. The molecule has 0 unspecified atom stereocenters. The molecule has 0 spiro atoms. The molecular formula is C25H32N2O3. The molecule has 0 N–H and O–H groups in total. The van der Waals surface area contributed by atoms with Crippen molar-refractivity contribution in [3.63, 3.8) is 0 Å². The first-order valence-corrected chi connectivity index (χ1v) is 11.1. The number of benzene rings is 1. The number of nitrogens with zero attached hydrogens (tertiary/aromatic N) is 2. The van der Waals surface area contributed by atoms with Crippen LogP contribution in [0.25, 0.3) is 0 Å². The van der Waals surface area contributed by atoms with E-state index in [1.165, 1.54) is 35.2 Å². The molecule has 2 aromatic rings. The highest BCUT2D eigenvalue weighted by Gasteiger charge is 2.39. The molecule has 160 valence electrons. The van der Waals surface area contributed by atoms with E-state index in [0.717, 1.165) is 26.1 Å². The van der Waals surface area contributed by atoms with Crippen molar-refractivity contribution in [3.05, 3.63) is 53.0 Å². The summed E-state index contributed by atoms with van der Waals surface area (Å²) in [6, 6.07) is 8.30. The van der Waals surface area contributed by atoms with Crippen molar-refractivity contribution in [2.45, 2.75) is 70.6 Å². The topological polar surface area (TPSA) is 45.9 Å². The Morgan fingerprint density at radius 3 is 2.60 bits per heavy atom. The molecule has 1 saturated heterocycles. The highest BCUT2D eigenvalue weighted by Crippen LogP contribution is 2.46. The quantitative estimate of drug-likeness (QED) is 0.735. The monoisotopic (exact) mass is 408 g/mol. The third-order valence-electron chi connectivity index (χ3n) is 6.85. The molecule has 1 aromatic heterocycles. The van der Waals surface area contributed by atoms with E-state index >= 15 is 0 Å². The maximum Gasteiger partial charge on any atom is 0.290 e. The van der Waals surface area contributed by atoms with Crippen LogP contribution in [0.2, 0.25) is 0 Å². The predicted octanol–water partition coefficient (Wildman–Crippen LogP) is 4.75. The number of piperazine rings is 1. The fourth-order valence-electron chi connectivity index (χ4n) is 5.08. The average Bonchev–Trinajstić information content (AvgIpc) is 3.38. The summed E-state index contributed by atoms with van der Waals surface area (Å²) in [4.78, 5) is 17.4. The number of rotatable bonds is 3. The van der Waals surface area contributed by atoms with Gasteiger partial charge < -0.3 is 19.0 Å². The Balaban J connectivity index is 1.43. The maximum atomic E-state index is 12.9. The van der Waals surface area contributed by atoms with Gasteiger partial charge in [-0.3, -0.25) is 4.79 Å². The van der Waals surface area contributed by atoms with Crippen molar-refractivity contribution in [1.82, 2.24) is 4.90 Å². The standard InChI is InChI=1S/C25H32N2O3/c1-24(2)16-26(9-10-27(24)23(28)22-6-5-11-29-22)19-12-18-14-25(3,4)30-15-21(18)20(13-19)17-7-8-17/h5-6,11-13,17H,7-10,14-16H2,1-4H3. The molecule has 5 heteroatoms. The van der Waals surface area contributed by atoms with E-state index in [4.69, 9.17) is 9.15 Å². The molecule has 1 aromatic carbocycles. The maximum absolute atomic E-state index is 12.9. The molecule has 2 aliphatic heterocycles. The van der Waals surface area contributed by atoms with Gasteiger partial charge in [0, 0.05) is 31.7 Å². The van der Waals surface area contributed by atoms with Gasteiger partial charge in [-0.15, -0.1) is 0 Å². The van der Waals surface area contributed by atoms with Crippen molar-refractivity contribution in [2.24, 2.45) is 0 Å². The highest BCUT2D eigenvalue weighted by atomic mass is 16.5. The van der Waals surface area contributed by atoms with Gasteiger partial charge in [0.2, 0.25) is 0 Å². The van der Waals surface area contributed by atoms with Gasteiger partial charge in [0.1, 0.15) is 0 Å². The van der Waals surface area contributed by atoms with Crippen molar-refractivity contribution in [2.75, 3.05) is 24.5 Å². The molecule has 3 aliphatic rings. The molecule has 0 atom stereocenters. The van der Waals surface area contributed by atoms with E-state index in [1.807, 2.05) is 4.90 Å². The van der Waals surface area contributed by atoms with Crippen LogP contribution in [0.1, 0.15) is 73.7 Å². The van der Waals surface area contributed by atoms with Crippen LogP contribution in [0, 0.1) is 0 Å². The lowest BCUT2D eigenvalue weighted by Crippen LogP contribution is -2.61. The minimum absolute atomic E-state index is 0.0207. The van der Waals surface area contributed by atoms with E-state index < -0.39 is 0 Å². The summed E-state index contributed by atoms with van der Waals surface area (Å²) in [5.41, 5.74) is 5.26. The van der Waals surface area contributed by atoms with Crippen LogP contribution >= 0.6 is 0 Å². The second-order valence-corrected chi connectivity index (χ2v) is 10.3. The Bertz CT molecular complexity index is 957. The number of fused-ring (bicyclic) bond motifs is 1. The predicted molar refractivity (Wildman–Crippen MR) is 117 cm³/mol. The third kappa shape index (κ3) is 3.53. The summed E-state index contributed by atoms with van der Waals surface area (Å²) < 4.78 is 11.5. The zero-order valence-corrected chi connectivity index (χ0v) is 18.5. The van der Waals surface area contributed by atoms with E-state index in [2.05, 4.69) is 44.7 Å². The van der Waals surface area contributed by atoms with E-state index in [0.29, 0.717) is 18.2 Å². The fourth-order valence-corrected chi connectivity index (χ4v) is 5.08. The summed E-state index contributed by atoms with van der Waals surface area (Å²) in [6.07, 6.45) is 5.09. The van der Waals surface area contributed by atoms with Gasteiger partial charge >= 0.3 is 0 Å². The van der Waals surface area contributed by atoms with Crippen LogP contribution < -0.4 is 4.90 Å². The number of hydrogen-bond donors (Lipinski definition) is 0. The van der Waals surface area contributed by atoms with Crippen molar-refractivity contribution >= 4 is 11.6 Å². The lowest BCUT2D eigenvalue weighted by Gasteiger charge is -2.48. The van der Waals surface area contributed by atoms with Gasteiger partial charge in [0.05, 0.1) is 24.0 Å². The Labute approximate surface area is 179 Å². The summed E-state index contributed by atoms with van der Waals surface area (Å²) >= 11 is 0. The first kappa shape index (κ1) is 19.7. The van der Waals surface area contributed by atoms with Gasteiger partial charge in [0.15, 0.2) is 5.76 Å². The third-order valence-corrected chi connectivity index (χ3v) is 6.85. The zero-order valence-electron chi connectivity index (χ0n) is 18.5. The number of furan rings is 1. The Morgan fingerprint density at radius 2 is 1.93 bits per heavy atom. The lowest BCUT2D eigenvalue weighted by molar-refractivity contribution is -0.0404. The summed E-state index contributed by atoms with van der Waals surface area (Å²) in [7, 11) is 0. The Kier molecular flexibility index (Phi) is 4.51. The molecule has 3 heterocycles. The van der Waals surface area contributed by atoms with E-state index in [-0.39, 0.29) is 17.0 Å². The van der Waals surface area contributed by atoms with Crippen LogP contribution in [0.3, 0.4) is 0 Å². The van der Waals surface area contributed by atoms with Crippen LogP contribution in [-0.4, -0.2) is 41.6 Å². The number of amides is 1. The zero-order chi connectivity index (χ0) is 21.1. The van der Waals surface area contributed by atoms with Crippen molar-refractivity contribution in [3.8, 4) is 0 Å². The summed E-state index contributed by atoms with van der Waals surface area (Å²) in [6.45, 7) is 11.7. The Morgan fingerprint density at radius 1 is 1.13 bits per heavy atom. The largest absolute Gasteiger partial charge is 0.459 e. The molecule has 1 saturated carbocycles. The number of hydrogen-bond acceptors (Lipinski definition) is 4. The van der Waals surface area contributed by atoms with E-state index in [1.54, 1.807) is 18.4 Å². The van der Waals surface area contributed by atoms with Crippen LogP contribution in [-0.2, 0) is 17.8 Å². The summed E-state index contributed by atoms with van der Waals surface area (Å²) in [5.74, 6) is 1.09. The van der Waals surface area contributed by atoms with Crippen LogP contribution in [0.15, 0.2) is 34.9 Å². The average molecular weight is 409 g/mol. The lowest BCUT2D eigenvalue weighted by atomic mass is 9.87. The Hall–Kier alpha value is -2.27. The van der Waals surface area contributed by atoms with Gasteiger partial charge in [-0.25, -0.2) is 0 Å². The SMILES string of the molecule is CC1(C)Cc2cc(N3CCN(C(=O)c4ccco4)C(C)(C)C3)cc(C3CC3)c2CO1. The minimum Gasteiger partial charge on any atom is -0.459 e. The molecule has 30 heavy (non-hydrogen) atoms. The first-order valence-electron chi connectivity index (χ1n) is 11.1. The molecule has 2 fully saturated rings. The van der Waals surface area contributed by atoms with Gasteiger partial charge in [-0.05, 0) is 87.4 Å². The molecule has 0 radical (unpaired) electrons. The van der Waals surface area contributed by atoms with Crippen molar-refractivity contribution < 1.29 is 13.9 Å². The second kappa shape index (κ2) is 6.88. The molecular weight excluding hydrogens is 376 g/mol. The van der Waals surface area contributed by atoms with Crippen LogP contribution in [0.4, 0.5) is 5.69 Å². The smallest absolute Gasteiger partial charge is 0.290 e. The van der Waals surface area contributed by atoms with Crippen LogP contribution in [0.5, 0.6) is 0 Å². The van der Waals surface area contributed by atoms with Gasteiger partial charge in [-0.1, -0.05) is 0 Å². The molecule has 5 nitrogen and oxygen atoms in total. The molecule has 0 bridgehead atoms. The van der Waals surface area contributed by atoms with Gasteiger partial charge in [0.25, 0.3) is 5.91 Å². The molecule has 1 amide bonds. The van der Waals surface area contributed by atoms with Crippen molar-refractivity contribution in [1.29, 1.82) is 0 Å². The molecule has 5 rings (SSSR count). The summed E-state index contributed by atoms with van der Waals surface area (Å²) in [5, 5.41) is 0. The first-order chi connectivity index (χ1) is 14.2. The molecule has 1 aliphatic carbocycles. The van der Waals surface area contributed by atoms with Gasteiger partial charge in [-0.2, -0.15) is 0 Å². The fraction of sp³-hybridized carbons (Fsp3) is 0.560. The minimum atomic E-state index is -0.278. The second-order valence-electron chi connectivity index (χ2n) is 10.3. The number of carbonyl (C=O) groups is 1. The van der Waals surface area contributed by atoms with E-state index in [9.17, 15) is 4.79 Å². The number of ether oxygens (including phenoxy) is 1. The highest BCUT2D eigenvalue weighted by molar-refractivity contribution is 5.92.